The average molecular weight is 485 g/mol. The Kier molecular flexibility index (Phi) is 5.96. The van der Waals surface area contributed by atoms with E-state index in [9.17, 15) is 35.9 Å². The van der Waals surface area contributed by atoms with Crippen LogP contribution in [0.5, 0.6) is 0 Å². The first kappa shape index (κ1) is 23.5. The van der Waals surface area contributed by atoms with E-state index in [2.05, 4.69) is 9.97 Å². The number of fused-ring (bicyclic) bond motifs is 1. The number of carbonyl (C=O) groups is 1. The molecule has 0 bridgehead atoms. The highest BCUT2D eigenvalue weighted by Crippen LogP contribution is 2.26. The topological polar surface area (TPSA) is 80.1 Å². The zero-order valence-electron chi connectivity index (χ0n) is 17.5. The lowest BCUT2D eigenvalue weighted by molar-refractivity contribution is -0.153. The van der Waals surface area contributed by atoms with Crippen molar-refractivity contribution < 1.29 is 31.1 Å². The number of hydrogen-bond donors (Lipinski definition) is 1. The van der Waals surface area contributed by atoms with Crippen molar-refractivity contribution in [1.29, 1.82) is 0 Å². The van der Waals surface area contributed by atoms with Crippen LogP contribution in [0.3, 0.4) is 0 Å². The van der Waals surface area contributed by atoms with Gasteiger partial charge < -0.3 is 10.2 Å². The summed E-state index contributed by atoms with van der Waals surface area (Å²) in [5, 5.41) is 1.54. The van der Waals surface area contributed by atoms with E-state index in [0.29, 0.717) is 12.3 Å². The summed E-state index contributed by atoms with van der Waals surface area (Å²) < 4.78 is 81.6. The van der Waals surface area contributed by atoms with E-state index in [4.69, 9.17) is 0 Å². The Morgan fingerprint density at radius 1 is 1.26 bits per heavy atom. The maximum absolute atomic E-state index is 14.6. The van der Waals surface area contributed by atoms with Crippen molar-refractivity contribution in [2.45, 2.75) is 31.7 Å². The standard InChI is InChI=1S/C21H17F6N5O2/c1-2-15(21(25,26)27)29-20(34)13-9-32(19-14(24)5-10(22)6-28-19)18-12(17(13)33)3-4-16(30-18)31-7-11(23)8-31/h3-6,9,11,15H,2,7-8H2,1H3,(H,29,34)/t15-/m0/s1. The second-order valence-corrected chi connectivity index (χ2v) is 7.72. The van der Waals surface area contributed by atoms with Gasteiger partial charge in [0.2, 0.25) is 5.43 Å². The first-order valence-corrected chi connectivity index (χ1v) is 10.1. The van der Waals surface area contributed by atoms with E-state index >= 15 is 0 Å². The van der Waals surface area contributed by atoms with Gasteiger partial charge in [-0.2, -0.15) is 13.2 Å². The Hall–Kier alpha value is -3.64. The molecular weight excluding hydrogens is 468 g/mol. The molecule has 3 aromatic rings. The molecule has 180 valence electrons. The molecule has 1 aliphatic heterocycles. The lowest BCUT2D eigenvalue weighted by Crippen LogP contribution is -2.48. The summed E-state index contributed by atoms with van der Waals surface area (Å²) in [7, 11) is 0. The third-order valence-corrected chi connectivity index (χ3v) is 5.37. The van der Waals surface area contributed by atoms with Crippen LogP contribution in [0.2, 0.25) is 0 Å². The molecule has 4 heterocycles. The van der Waals surface area contributed by atoms with E-state index in [1.54, 1.807) is 10.2 Å². The Morgan fingerprint density at radius 3 is 2.56 bits per heavy atom. The summed E-state index contributed by atoms with van der Waals surface area (Å²) in [6, 6.07) is 0.919. The molecule has 0 radical (unpaired) electrons. The van der Waals surface area contributed by atoms with Crippen LogP contribution in [0.4, 0.5) is 32.2 Å². The van der Waals surface area contributed by atoms with Crippen molar-refractivity contribution in [3.05, 3.63) is 58.0 Å². The molecule has 0 aliphatic carbocycles. The Bertz CT molecular complexity index is 1320. The second kappa shape index (κ2) is 8.61. The highest BCUT2D eigenvalue weighted by Gasteiger charge is 2.40. The van der Waals surface area contributed by atoms with E-state index in [1.165, 1.54) is 19.1 Å². The van der Waals surface area contributed by atoms with Crippen molar-refractivity contribution in [2.24, 2.45) is 0 Å². The van der Waals surface area contributed by atoms with Crippen molar-refractivity contribution in [3.8, 4) is 5.82 Å². The van der Waals surface area contributed by atoms with Crippen molar-refractivity contribution in [2.75, 3.05) is 18.0 Å². The number of amides is 1. The van der Waals surface area contributed by atoms with Gasteiger partial charge in [0.15, 0.2) is 17.3 Å². The molecule has 1 N–H and O–H groups in total. The number of nitrogens with one attached hydrogen (secondary N) is 1. The van der Waals surface area contributed by atoms with Gasteiger partial charge >= 0.3 is 6.18 Å². The summed E-state index contributed by atoms with van der Waals surface area (Å²) in [5.41, 5.74) is -1.86. The molecule has 1 fully saturated rings. The Labute approximate surface area is 188 Å². The number of halogens is 6. The first-order valence-electron chi connectivity index (χ1n) is 10.1. The number of alkyl halides is 4. The average Bonchev–Trinajstić information content (AvgIpc) is 2.75. The lowest BCUT2D eigenvalue weighted by atomic mass is 10.1. The predicted molar refractivity (Wildman–Crippen MR) is 110 cm³/mol. The van der Waals surface area contributed by atoms with Crippen LogP contribution in [-0.4, -0.2) is 51.9 Å². The molecule has 0 unspecified atom stereocenters. The molecule has 1 aliphatic rings. The minimum absolute atomic E-state index is 0.0439. The largest absolute Gasteiger partial charge is 0.408 e. The number of nitrogens with zero attached hydrogens (tertiary/aromatic N) is 4. The normalized spacial score (nSPS) is 15.3. The van der Waals surface area contributed by atoms with Gasteiger partial charge in [0, 0.05) is 12.3 Å². The fraction of sp³-hybridized carbons (Fsp3) is 0.333. The number of rotatable bonds is 5. The van der Waals surface area contributed by atoms with Gasteiger partial charge in [-0.1, -0.05) is 6.92 Å². The van der Waals surface area contributed by atoms with E-state index in [0.717, 1.165) is 10.8 Å². The molecule has 0 saturated carbocycles. The minimum atomic E-state index is -4.76. The number of anilines is 1. The van der Waals surface area contributed by atoms with Gasteiger partial charge in [-0.15, -0.1) is 0 Å². The van der Waals surface area contributed by atoms with Gasteiger partial charge in [-0.3, -0.25) is 14.2 Å². The molecule has 1 amide bonds. The Balaban J connectivity index is 1.90. The van der Waals surface area contributed by atoms with Gasteiger partial charge in [-0.25, -0.2) is 23.1 Å². The van der Waals surface area contributed by atoms with Gasteiger partial charge in [0.05, 0.1) is 24.7 Å². The summed E-state index contributed by atoms with van der Waals surface area (Å²) in [6.07, 6.45) is -4.82. The molecule has 3 aromatic heterocycles. The summed E-state index contributed by atoms with van der Waals surface area (Å²) >= 11 is 0. The maximum Gasteiger partial charge on any atom is 0.408 e. The van der Waals surface area contributed by atoms with Gasteiger partial charge in [0.25, 0.3) is 5.91 Å². The second-order valence-electron chi connectivity index (χ2n) is 7.72. The van der Waals surface area contributed by atoms with Gasteiger partial charge in [-0.05, 0) is 18.6 Å². The number of aromatic nitrogens is 3. The maximum atomic E-state index is 14.6. The van der Waals surface area contributed by atoms with Crippen LogP contribution in [0.1, 0.15) is 23.7 Å². The van der Waals surface area contributed by atoms with Crippen LogP contribution in [-0.2, 0) is 0 Å². The third-order valence-electron chi connectivity index (χ3n) is 5.37. The summed E-state index contributed by atoms with van der Waals surface area (Å²) in [4.78, 5) is 35.1. The van der Waals surface area contributed by atoms with Crippen LogP contribution in [0.25, 0.3) is 16.9 Å². The van der Waals surface area contributed by atoms with Crippen LogP contribution in [0.15, 0.2) is 35.4 Å². The minimum Gasteiger partial charge on any atom is -0.351 e. The monoisotopic (exact) mass is 485 g/mol. The number of carbonyl (C=O) groups excluding carboxylic acids is 1. The van der Waals surface area contributed by atoms with Crippen molar-refractivity contribution >= 4 is 22.8 Å². The van der Waals surface area contributed by atoms with Crippen LogP contribution >= 0.6 is 0 Å². The van der Waals surface area contributed by atoms with E-state index in [1.807, 2.05) is 0 Å². The molecule has 1 saturated heterocycles. The lowest BCUT2D eigenvalue weighted by Gasteiger charge is -2.35. The molecular formula is C21H17F6N5O2. The molecule has 4 rings (SSSR count). The van der Waals surface area contributed by atoms with Gasteiger partial charge in [0.1, 0.15) is 29.4 Å². The highest BCUT2D eigenvalue weighted by atomic mass is 19.4. The van der Waals surface area contributed by atoms with E-state index in [-0.39, 0.29) is 29.9 Å². The quantitative estimate of drug-likeness (QED) is 0.562. The molecule has 7 nitrogen and oxygen atoms in total. The van der Waals surface area contributed by atoms with Crippen LogP contribution < -0.4 is 15.6 Å². The fourth-order valence-corrected chi connectivity index (χ4v) is 3.54. The first-order chi connectivity index (χ1) is 16.0. The van der Waals surface area contributed by atoms with Crippen molar-refractivity contribution in [1.82, 2.24) is 19.9 Å². The fourth-order valence-electron chi connectivity index (χ4n) is 3.54. The SMILES string of the molecule is CC[C@H](NC(=O)c1cn(-c2ncc(F)cc2F)c2nc(N3CC(F)C3)ccc2c1=O)C(F)(F)F. The molecule has 1 atom stereocenters. The summed E-state index contributed by atoms with van der Waals surface area (Å²) in [5.74, 6) is -3.79. The smallest absolute Gasteiger partial charge is 0.351 e. The number of pyridine rings is 3. The molecule has 0 aromatic carbocycles. The predicted octanol–water partition coefficient (Wildman–Crippen LogP) is 3.29. The highest BCUT2D eigenvalue weighted by molar-refractivity contribution is 5.97. The summed E-state index contributed by atoms with van der Waals surface area (Å²) in [6.45, 7) is 1.29. The van der Waals surface area contributed by atoms with Crippen LogP contribution in [0, 0.1) is 11.6 Å². The van der Waals surface area contributed by atoms with Crippen molar-refractivity contribution in [3.63, 3.8) is 0 Å². The molecule has 34 heavy (non-hydrogen) atoms. The zero-order chi connectivity index (χ0) is 24.8. The third kappa shape index (κ3) is 4.29. The van der Waals surface area contributed by atoms with E-state index < -0.39 is 59.2 Å². The molecule has 0 spiro atoms. The zero-order valence-corrected chi connectivity index (χ0v) is 17.5. The molecule has 13 heteroatoms. The Morgan fingerprint density at radius 2 is 1.97 bits per heavy atom. The number of hydrogen-bond acceptors (Lipinski definition) is 5.